The summed E-state index contributed by atoms with van der Waals surface area (Å²) >= 11 is 0. The largest absolute Gasteiger partial charge is 0.480 e. The minimum Gasteiger partial charge on any atom is -0.480 e. The Morgan fingerprint density at radius 1 is 0.810 bits per heavy atom. The molecule has 0 bridgehead atoms. The molecule has 2 N–H and O–H groups in total. The number of hydrogen-bond donors (Lipinski definition) is 2. The minimum atomic E-state index is -0.622. The smallest absolute Gasteiger partial charge is 0.323 e. The molecule has 120 valence electrons. The highest BCUT2D eigenvalue weighted by molar-refractivity contribution is 5.79. The van der Waals surface area contributed by atoms with E-state index < -0.39 is 11.5 Å². The van der Waals surface area contributed by atoms with Crippen molar-refractivity contribution >= 4 is 5.97 Å². The van der Waals surface area contributed by atoms with Crippen LogP contribution in [0.3, 0.4) is 0 Å². The first kappa shape index (κ1) is 15.3. The van der Waals surface area contributed by atoms with E-state index in [4.69, 9.17) is 0 Å². The van der Waals surface area contributed by atoms with Gasteiger partial charge in [-0.15, -0.1) is 0 Å². The van der Waals surface area contributed by atoms with Crippen LogP contribution in [0.5, 0.6) is 0 Å². The van der Waals surface area contributed by atoms with E-state index in [1.165, 1.54) is 64.2 Å². The molecule has 3 aliphatic carbocycles. The van der Waals surface area contributed by atoms with Crippen molar-refractivity contribution in [2.75, 3.05) is 0 Å². The van der Waals surface area contributed by atoms with Gasteiger partial charge in [0, 0.05) is 6.04 Å². The summed E-state index contributed by atoms with van der Waals surface area (Å²) in [6.07, 6.45) is 16.8. The highest BCUT2D eigenvalue weighted by atomic mass is 16.4. The Labute approximate surface area is 128 Å². The quantitative estimate of drug-likeness (QED) is 0.765. The van der Waals surface area contributed by atoms with Crippen molar-refractivity contribution in [2.45, 2.75) is 101 Å². The Morgan fingerprint density at radius 3 is 1.90 bits per heavy atom. The van der Waals surface area contributed by atoms with Crippen LogP contribution in [0.2, 0.25) is 0 Å². The van der Waals surface area contributed by atoms with E-state index in [9.17, 15) is 9.90 Å². The number of aliphatic carboxylic acids is 1. The zero-order valence-electron chi connectivity index (χ0n) is 13.3. The number of rotatable bonds is 3. The maximum Gasteiger partial charge on any atom is 0.323 e. The van der Waals surface area contributed by atoms with E-state index in [0.29, 0.717) is 11.5 Å². The van der Waals surface area contributed by atoms with Crippen molar-refractivity contribution < 1.29 is 9.90 Å². The van der Waals surface area contributed by atoms with Gasteiger partial charge in [-0.05, 0) is 56.8 Å². The predicted octanol–water partition coefficient (Wildman–Crippen LogP) is 4.26. The van der Waals surface area contributed by atoms with Crippen LogP contribution in [0, 0.1) is 5.41 Å². The maximum atomic E-state index is 12.0. The van der Waals surface area contributed by atoms with Gasteiger partial charge < -0.3 is 5.11 Å². The maximum absolute atomic E-state index is 12.0. The highest BCUT2D eigenvalue weighted by Crippen LogP contribution is 2.51. The van der Waals surface area contributed by atoms with Gasteiger partial charge in [0.25, 0.3) is 0 Å². The fourth-order valence-corrected chi connectivity index (χ4v) is 5.07. The Morgan fingerprint density at radius 2 is 1.38 bits per heavy atom. The molecular formula is C18H31NO2. The van der Waals surface area contributed by atoms with Crippen molar-refractivity contribution in [3.8, 4) is 0 Å². The molecule has 3 rings (SSSR count). The van der Waals surface area contributed by atoms with Crippen LogP contribution in [-0.4, -0.2) is 22.7 Å². The number of hydrogen-bond acceptors (Lipinski definition) is 2. The lowest BCUT2D eigenvalue weighted by molar-refractivity contribution is -0.148. The summed E-state index contributed by atoms with van der Waals surface area (Å²) in [5.41, 5.74) is -0.118. The van der Waals surface area contributed by atoms with Crippen molar-refractivity contribution in [3.05, 3.63) is 0 Å². The van der Waals surface area contributed by atoms with Crippen LogP contribution in [0.25, 0.3) is 0 Å². The van der Waals surface area contributed by atoms with Crippen molar-refractivity contribution in [3.63, 3.8) is 0 Å². The molecule has 3 heteroatoms. The minimum absolute atomic E-state index is 0.432. The molecule has 0 aliphatic heterocycles. The second-order valence-electron chi connectivity index (χ2n) is 7.93. The van der Waals surface area contributed by atoms with E-state index in [1.807, 2.05) is 0 Å². The van der Waals surface area contributed by atoms with Crippen molar-refractivity contribution in [1.29, 1.82) is 0 Å². The molecule has 0 aromatic rings. The molecule has 0 amide bonds. The lowest BCUT2D eigenvalue weighted by Crippen LogP contribution is -2.58. The molecule has 0 atom stereocenters. The van der Waals surface area contributed by atoms with E-state index in [1.54, 1.807) is 0 Å². The van der Waals surface area contributed by atoms with Gasteiger partial charge in [0.2, 0.25) is 0 Å². The summed E-state index contributed by atoms with van der Waals surface area (Å²) in [4.78, 5) is 12.0. The zero-order valence-corrected chi connectivity index (χ0v) is 13.3. The average Bonchev–Trinajstić information content (AvgIpc) is 2.78. The second-order valence-corrected chi connectivity index (χ2v) is 7.93. The van der Waals surface area contributed by atoms with Crippen LogP contribution in [0.4, 0.5) is 0 Å². The molecule has 3 saturated carbocycles. The molecule has 0 aromatic carbocycles. The Bertz CT molecular complexity index is 355. The zero-order chi connectivity index (χ0) is 14.8. The third-order valence-corrected chi connectivity index (χ3v) is 6.57. The van der Waals surface area contributed by atoms with Gasteiger partial charge in [0.1, 0.15) is 5.54 Å². The average molecular weight is 293 g/mol. The van der Waals surface area contributed by atoms with E-state index in [-0.39, 0.29) is 0 Å². The molecule has 21 heavy (non-hydrogen) atoms. The van der Waals surface area contributed by atoms with Crippen LogP contribution in [0.15, 0.2) is 0 Å². The standard InChI is InChI=1S/C18H31NO2/c20-16(21)18(19-15-7-3-1-2-4-8-15)13-11-17(12-14-18)9-5-6-10-17/h15,19H,1-14H2,(H,20,21). The number of carbonyl (C=O) groups is 1. The van der Waals surface area contributed by atoms with Crippen LogP contribution < -0.4 is 5.32 Å². The molecule has 3 nitrogen and oxygen atoms in total. The van der Waals surface area contributed by atoms with Crippen LogP contribution >= 0.6 is 0 Å². The Hall–Kier alpha value is -0.570. The van der Waals surface area contributed by atoms with E-state index >= 15 is 0 Å². The number of carboxylic acid groups (broad SMARTS) is 1. The first-order chi connectivity index (χ1) is 10.1. The van der Waals surface area contributed by atoms with Crippen molar-refractivity contribution in [1.82, 2.24) is 5.32 Å². The van der Waals surface area contributed by atoms with Crippen LogP contribution in [-0.2, 0) is 4.79 Å². The normalized spacial score (nSPS) is 29.3. The first-order valence-corrected chi connectivity index (χ1v) is 9.15. The molecular weight excluding hydrogens is 262 g/mol. The fourth-order valence-electron chi connectivity index (χ4n) is 5.07. The fraction of sp³-hybridized carbons (Fsp3) is 0.944. The summed E-state index contributed by atoms with van der Waals surface area (Å²) in [5.74, 6) is -0.598. The molecule has 3 fully saturated rings. The molecule has 0 aromatic heterocycles. The summed E-state index contributed by atoms with van der Waals surface area (Å²) < 4.78 is 0. The second kappa shape index (κ2) is 6.28. The van der Waals surface area contributed by atoms with E-state index in [0.717, 1.165) is 25.7 Å². The van der Waals surface area contributed by atoms with Gasteiger partial charge in [-0.3, -0.25) is 10.1 Å². The van der Waals surface area contributed by atoms with Gasteiger partial charge >= 0.3 is 5.97 Å². The van der Waals surface area contributed by atoms with Crippen LogP contribution in [0.1, 0.15) is 89.9 Å². The highest BCUT2D eigenvalue weighted by Gasteiger charge is 2.48. The number of nitrogens with one attached hydrogen (secondary N) is 1. The molecule has 3 aliphatic rings. The monoisotopic (exact) mass is 293 g/mol. The van der Waals surface area contributed by atoms with Gasteiger partial charge in [-0.1, -0.05) is 38.5 Å². The van der Waals surface area contributed by atoms with Gasteiger partial charge in [-0.2, -0.15) is 0 Å². The molecule has 1 spiro atoms. The Balaban J connectivity index is 1.65. The molecule has 0 radical (unpaired) electrons. The van der Waals surface area contributed by atoms with Crippen molar-refractivity contribution in [2.24, 2.45) is 5.41 Å². The molecule has 0 heterocycles. The molecule has 0 saturated heterocycles. The lowest BCUT2D eigenvalue weighted by Gasteiger charge is -2.44. The summed E-state index contributed by atoms with van der Waals surface area (Å²) in [5, 5.41) is 13.5. The van der Waals surface area contributed by atoms with Gasteiger partial charge in [0.05, 0.1) is 0 Å². The predicted molar refractivity (Wildman–Crippen MR) is 84.4 cm³/mol. The van der Waals surface area contributed by atoms with Gasteiger partial charge in [0.15, 0.2) is 0 Å². The Kier molecular flexibility index (Phi) is 4.58. The SMILES string of the molecule is O=C(O)C1(NC2CCCCCC2)CCC2(CCCC2)CC1. The third kappa shape index (κ3) is 3.28. The summed E-state index contributed by atoms with van der Waals surface area (Å²) in [6, 6.07) is 0.432. The van der Waals surface area contributed by atoms with E-state index in [2.05, 4.69) is 5.32 Å². The van der Waals surface area contributed by atoms with Gasteiger partial charge in [-0.25, -0.2) is 0 Å². The summed E-state index contributed by atoms with van der Waals surface area (Å²) in [6.45, 7) is 0. The summed E-state index contributed by atoms with van der Waals surface area (Å²) in [7, 11) is 0. The number of carboxylic acids is 1. The topological polar surface area (TPSA) is 49.3 Å². The third-order valence-electron chi connectivity index (χ3n) is 6.57. The lowest BCUT2D eigenvalue weighted by atomic mass is 9.66. The first-order valence-electron chi connectivity index (χ1n) is 9.15. The molecule has 0 unspecified atom stereocenters.